The lowest BCUT2D eigenvalue weighted by molar-refractivity contribution is 0.102. The summed E-state index contributed by atoms with van der Waals surface area (Å²) in [6.07, 6.45) is 6.80. The maximum atomic E-state index is 13.6. The third-order valence-electron chi connectivity index (χ3n) is 7.13. The van der Waals surface area contributed by atoms with Gasteiger partial charge in [0.15, 0.2) is 0 Å². The van der Waals surface area contributed by atoms with E-state index in [4.69, 9.17) is 4.74 Å². The normalized spacial score (nSPS) is 19.3. The molecule has 5 rings (SSSR count). The van der Waals surface area contributed by atoms with Gasteiger partial charge in [0.1, 0.15) is 0 Å². The van der Waals surface area contributed by atoms with Gasteiger partial charge in [0.05, 0.1) is 23.7 Å². The van der Waals surface area contributed by atoms with Crippen LogP contribution in [-0.2, 0) is 27.6 Å². The molecule has 2 fully saturated rings. The lowest BCUT2D eigenvalue weighted by Gasteiger charge is -2.31. The minimum absolute atomic E-state index is 0.143. The Bertz CT molecular complexity index is 1200. The molecule has 3 aliphatic rings. The molecule has 1 aromatic heterocycles. The van der Waals surface area contributed by atoms with Crippen molar-refractivity contribution in [1.82, 2.24) is 14.3 Å². The van der Waals surface area contributed by atoms with Crippen LogP contribution in [0.3, 0.4) is 0 Å². The Morgan fingerprint density at radius 3 is 2.49 bits per heavy atom. The molecule has 1 aliphatic carbocycles. The van der Waals surface area contributed by atoms with Crippen molar-refractivity contribution >= 4 is 27.6 Å². The van der Waals surface area contributed by atoms with E-state index in [0.717, 1.165) is 56.3 Å². The van der Waals surface area contributed by atoms with Gasteiger partial charge in [-0.3, -0.25) is 10.1 Å². The van der Waals surface area contributed by atoms with E-state index in [1.165, 1.54) is 15.9 Å². The van der Waals surface area contributed by atoms with Crippen LogP contribution in [0.15, 0.2) is 23.1 Å². The van der Waals surface area contributed by atoms with E-state index in [-0.39, 0.29) is 10.8 Å². The van der Waals surface area contributed by atoms with Gasteiger partial charge in [0.2, 0.25) is 16.0 Å². The molecule has 2 saturated heterocycles. The van der Waals surface area contributed by atoms with Crippen molar-refractivity contribution in [3.8, 4) is 0 Å². The average Bonchev–Trinajstić information content (AvgIpc) is 2.89. The Kier molecular flexibility index (Phi) is 7.04. The summed E-state index contributed by atoms with van der Waals surface area (Å²) in [5.41, 5.74) is 4.06. The molecule has 10 heteroatoms. The number of hydrogen-bond donors (Lipinski definition) is 1. The molecule has 0 bridgehead atoms. The van der Waals surface area contributed by atoms with Crippen molar-refractivity contribution in [3.05, 3.63) is 40.7 Å². The monoisotopic (exact) mass is 499 g/mol. The summed E-state index contributed by atoms with van der Waals surface area (Å²) >= 11 is 0. The fourth-order valence-electron chi connectivity index (χ4n) is 5.20. The van der Waals surface area contributed by atoms with Crippen LogP contribution in [0.1, 0.15) is 59.4 Å². The van der Waals surface area contributed by atoms with Crippen LogP contribution in [0.2, 0.25) is 0 Å². The molecule has 1 amide bonds. The Morgan fingerprint density at radius 1 is 0.971 bits per heavy atom. The number of sulfonamides is 1. The van der Waals surface area contributed by atoms with Gasteiger partial charge in [-0.05, 0) is 69.2 Å². The summed E-state index contributed by atoms with van der Waals surface area (Å²) in [6, 6.07) is 4.87. The summed E-state index contributed by atoms with van der Waals surface area (Å²) in [4.78, 5) is 24.9. The molecule has 188 valence electrons. The third-order valence-corrected chi connectivity index (χ3v) is 9.03. The number of nitrogens with zero attached hydrogens (tertiary/aromatic N) is 4. The number of amides is 1. The van der Waals surface area contributed by atoms with Crippen molar-refractivity contribution in [2.45, 2.75) is 56.8 Å². The van der Waals surface area contributed by atoms with Gasteiger partial charge in [-0.1, -0.05) is 6.42 Å². The smallest absolute Gasteiger partial charge is 0.260 e. The predicted molar refractivity (Wildman–Crippen MR) is 133 cm³/mol. The van der Waals surface area contributed by atoms with E-state index in [1.807, 2.05) is 6.92 Å². The Morgan fingerprint density at radius 2 is 1.71 bits per heavy atom. The van der Waals surface area contributed by atoms with Crippen molar-refractivity contribution in [2.75, 3.05) is 49.6 Å². The Hall–Kier alpha value is -2.56. The second-order valence-corrected chi connectivity index (χ2v) is 11.4. The zero-order valence-electron chi connectivity index (χ0n) is 20.3. The zero-order valence-corrected chi connectivity index (χ0v) is 21.1. The second kappa shape index (κ2) is 10.2. The predicted octanol–water partition coefficient (Wildman–Crippen LogP) is 2.93. The van der Waals surface area contributed by atoms with E-state index in [2.05, 4.69) is 20.2 Å². The molecule has 0 saturated carbocycles. The molecule has 0 atom stereocenters. The lowest BCUT2D eigenvalue weighted by atomic mass is 9.95. The number of hydrogen-bond acceptors (Lipinski definition) is 7. The van der Waals surface area contributed by atoms with Crippen LogP contribution in [0.5, 0.6) is 0 Å². The molecule has 35 heavy (non-hydrogen) atoms. The summed E-state index contributed by atoms with van der Waals surface area (Å²) in [6.45, 7) is 5.35. The Balaban J connectivity index is 1.49. The first kappa shape index (κ1) is 24.1. The number of rotatable bonds is 5. The fourth-order valence-corrected chi connectivity index (χ4v) is 6.74. The van der Waals surface area contributed by atoms with Crippen molar-refractivity contribution in [2.24, 2.45) is 0 Å². The molecule has 9 nitrogen and oxygen atoms in total. The second-order valence-electron chi connectivity index (χ2n) is 9.46. The summed E-state index contributed by atoms with van der Waals surface area (Å²) in [7, 11) is -3.68. The van der Waals surface area contributed by atoms with Gasteiger partial charge in [0.25, 0.3) is 5.91 Å². The molecule has 1 N–H and O–H groups in total. The average molecular weight is 500 g/mol. The van der Waals surface area contributed by atoms with Gasteiger partial charge >= 0.3 is 0 Å². The summed E-state index contributed by atoms with van der Waals surface area (Å²) in [5, 5.41) is 2.86. The summed E-state index contributed by atoms with van der Waals surface area (Å²) in [5.74, 6) is -0.136. The Labute approximate surface area is 206 Å². The quantitative estimate of drug-likeness (QED) is 0.674. The highest BCUT2D eigenvalue weighted by Crippen LogP contribution is 2.29. The van der Waals surface area contributed by atoms with E-state index < -0.39 is 15.9 Å². The zero-order chi connectivity index (χ0) is 24.4. The van der Waals surface area contributed by atoms with Crippen LogP contribution in [0, 0.1) is 6.92 Å². The van der Waals surface area contributed by atoms with Gasteiger partial charge < -0.3 is 9.64 Å². The van der Waals surface area contributed by atoms with E-state index in [9.17, 15) is 13.2 Å². The number of ether oxygens (including phenoxy) is 1. The maximum absolute atomic E-state index is 13.6. The van der Waals surface area contributed by atoms with Crippen LogP contribution in [0.25, 0.3) is 0 Å². The number of fused-ring (bicyclic) bond motifs is 1. The number of morpholine rings is 1. The van der Waals surface area contributed by atoms with Crippen molar-refractivity contribution in [3.63, 3.8) is 0 Å². The number of carbonyl (C=O) groups excluding carboxylic acids is 1. The number of anilines is 2. The molecule has 2 aliphatic heterocycles. The maximum Gasteiger partial charge on any atom is 0.260 e. The number of piperidine rings is 1. The molecule has 1 aromatic carbocycles. The van der Waals surface area contributed by atoms with Gasteiger partial charge in [-0.25, -0.2) is 18.4 Å². The molecular weight excluding hydrogens is 466 g/mol. The number of carbonyl (C=O) groups is 1. The van der Waals surface area contributed by atoms with Crippen LogP contribution >= 0.6 is 0 Å². The number of nitrogens with one attached hydrogen (secondary N) is 1. The van der Waals surface area contributed by atoms with Crippen molar-refractivity contribution < 1.29 is 17.9 Å². The summed E-state index contributed by atoms with van der Waals surface area (Å²) < 4.78 is 33.7. The number of aryl methyl sites for hydroxylation is 2. The number of aromatic nitrogens is 2. The lowest BCUT2D eigenvalue weighted by Crippen LogP contribution is -2.38. The first-order valence-electron chi connectivity index (χ1n) is 12.6. The van der Waals surface area contributed by atoms with Crippen molar-refractivity contribution in [1.29, 1.82) is 0 Å². The fraction of sp³-hybridized carbons (Fsp3) is 0.560. The molecule has 0 radical (unpaired) electrons. The van der Waals surface area contributed by atoms with Gasteiger partial charge in [-0.15, -0.1) is 0 Å². The molecule has 0 unspecified atom stereocenters. The van der Waals surface area contributed by atoms with E-state index >= 15 is 0 Å². The highest BCUT2D eigenvalue weighted by atomic mass is 32.2. The number of benzene rings is 1. The minimum atomic E-state index is -3.68. The largest absolute Gasteiger partial charge is 0.378 e. The first-order chi connectivity index (χ1) is 16.9. The van der Waals surface area contributed by atoms with Crippen LogP contribution in [-0.4, -0.2) is 68.0 Å². The molecular formula is C25H33N5O4S. The highest BCUT2D eigenvalue weighted by molar-refractivity contribution is 7.89. The van der Waals surface area contributed by atoms with E-state index in [0.29, 0.717) is 50.6 Å². The third kappa shape index (κ3) is 5.05. The van der Waals surface area contributed by atoms with Gasteiger partial charge in [-0.2, -0.15) is 4.31 Å². The molecule has 0 spiro atoms. The molecule has 2 aromatic rings. The van der Waals surface area contributed by atoms with E-state index in [1.54, 1.807) is 12.1 Å². The van der Waals surface area contributed by atoms with Crippen LogP contribution < -0.4 is 10.2 Å². The highest BCUT2D eigenvalue weighted by Gasteiger charge is 2.29. The topological polar surface area (TPSA) is 105 Å². The van der Waals surface area contributed by atoms with Crippen LogP contribution in [0.4, 0.5) is 11.6 Å². The molecule has 3 heterocycles. The first-order valence-corrected chi connectivity index (χ1v) is 14.0. The standard InChI is InChI=1S/C25H33N5O4S/c1-18-20-7-3-4-8-22(20)27-25(26-18)28-24(31)21-17-19(35(32,33)30-11-5-2-6-12-30)9-10-23(21)29-13-15-34-16-14-29/h9-10,17H,2-8,11-16H2,1H3,(H,26,27,28,31). The SMILES string of the molecule is Cc1nc(NC(=O)c2cc(S(=O)(=O)N3CCCCC3)ccc2N2CCOCC2)nc2c1CCCC2. The van der Waals surface area contributed by atoms with Gasteiger partial charge in [0, 0.05) is 43.3 Å². The minimum Gasteiger partial charge on any atom is -0.378 e.